The number of benzene rings is 1. The predicted octanol–water partition coefficient (Wildman–Crippen LogP) is 2.03. The topological polar surface area (TPSA) is 38.3 Å². The molecule has 1 N–H and O–H groups in total. The summed E-state index contributed by atoms with van der Waals surface area (Å²) in [7, 11) is 0. The van der Waals surface area contributed by atoms with E-state index in [1.807, 2.05) is 24.3 Å². The van der Waals surface area contributed by atoms with Crippen LogP contribution in [0.15, 0.2) is 28.7 Å². The Labute approximate surface area is 96.9 Å². The van der Waals surface area contributed by atoms with Crippen LogP contribution in [0.5, 0.6) is 0 Å². The van der Waals surface area contributed by atoms with Gasteiger partial charge in [0.05, 0.1) is 12.7 Å². The molecular formula is C11H12BrNO2. The van der Waals surface area contributed by atoms with Crippen LogP contribution in [0.2, 0.25) is 0 Å². The molecule has 1 aromatic carbocycles. The van der Waals surface area contributed by atoms with Gasteiger partial charge in [-0.2, -0.15) is 0 Å². The van der Waals surface area contributed by atoms with Crippen LogP contribution in [0.25, 0.3) is 0 Å². The van der Waals surface area contributed by atoms with Gasteiger partial charge in [0, 0.05) is 17.4 Å². The lowest BCUT2D eigenvalue weighted by atomic mass is 10.1. The molecule has 1 aromatic rings. The Morgan fingerprint density at radius 1 is 1.33 bits per heavy atom. The van der Waals surface area contributed by atoms with E-state index in [1.165, 1.54) is 0 Å². The number of halogens is 1. The molecule has 80 valence electrons. The van der Waals surface area contributed by atoms with Crippen LogP contribution in [-0.4, -0.2) is 19.1 Å². The highest BCUT2D eigenvalue weighted by Crippen LogP contribution is 2.20. The summed E-state index contributed by atoms with van der Waals surface area (Å²) in [5, 5.41) is 2.83. The maximum absolute atomic E-state index is 11.1. The van der Waals surface area contributed by atoms with E-state index in [0.717, 1.165) is 10.0 Å². The summed E-state index contributed by atoms with van der Waals surface area (Å²) in [4.78, 5) is 11.1. The lowest BCUT2D eigenvalue weighted by Gasteiger charge is -2.14. The minimum absolute atomic E-state index is 0.0236. The molecule has 1 atom stereocenters. The van der Waals surface area contributed by atoms with Gasteiger partial charge in [0.1, 0.15) is 0 Å². The van der Waals surface area contributed by atoms with Gasteiger partial charge in [-0.15, -0.1) is 0 Å². The second-order valence-electron chi connectivity index (χ2n) is 3.47. The SMILES string of the molecule is O=C1CCOC(c2ccc(Br)cc2)CN1. The van der Waals surface area contributed by atoms with Crippen LogP contribution in [0.3, 0.4) is 0 Å². The molecule has 0 saturated carbocycles. The standard InChI is InChI=1S/C11H12BrNO2/c12-9-3-1-8(2-4-9)10-7-13-11(14)5-6-15-10/h1-4,10H,5-7H2,(H,13,14). The lowest BCUT2D eigenvalue weighted by Crippen LogP contribution is -2.25. The van der Waals surface area contributed by atoms with E-state index in [9.17, 15) is 4.79 Å². The molecular weight excluding hydrogens is 258 g/mol. The Morgan fingerprint density at radius 2 is 2.07 bits per heavy atom. The zero-order valence-electron chi connectivity index (χ0n) is 8.20. The summed E-state index contributed by atoms with van der Waals surface area (Å²) < 4.78 is 6.65. The Bertz CT molecular complexity index is 350. The van der Waals surface area contributed by atoms with Gasteiger partial charge < -0.3 is 10.1 Å². The largest absolute Gasteiger partial charge is 0.371 e. The van der Waals surface area contributed by atoms with Crippen molar-refractivity contribution in [2.24, 2.45) is 0 Å². The molecule has 1 saturated heterocycles. The Morgan fingerprint density at radius 3 is 2.80 bits per heavy atom. The summed E-state index contributed by atoms with van der Waals surface area (Å²) >= 11 is 3.38. The van der Waals surface area contributed by atoms with Crippen molar-refractivity contribution in [3.63, 3.8) is 0 Å². The quantitative estimate of drug-likeness (QED) is 0.847. The van der Waals surface area contributed by atoms with Crippen molar-refractivity contribution in [2.45, 2.75) is 12.5 Å². The highest BCUT2D eigenvalue weighted by Gasteiger charge is 2.17. The Kier molecular flexibility index (Phi) is 3.38. The lowest BCUT2D eigenvalue weighted by molar-refractivity contribution is -0.120. The molecule has 4 heteroatoms. The van der Waals surface area contributed by atoms with Crippen LogP contribution in [0.1, 0.15) is 18.1 Å². The van der Waals surface area contributed by atoms with Crippen LogP contribution in [-0.2, 0) is 9.53 Å². The number of ether oxygens (including phenoxy) is 1. The monoisotopic (exact) mass is 269 g/mol. The molecule has 1 unspecified atom stereocenters. The van der Waals surface area contributed by atoms with Crippen LogP contribution < -0.4 is 5.32 Å². The molecule has 0 aromatic heterocycles. The van der Waals surface area contributed by atoms with E-state index in [0.29, 0.717) is 19.6 Å². The van der Waals surface area contributed by atoms with Gasteiger partial charge in [0.25, 0.3) is 0 Å². The minimum Gasteiger partial charge on any atom is -0.371 e. The molecule has 2 rings (SSSR count). The fraction of sp³-hybridized carbons (Fsp3) is 0.364. The van der Waals surface area contributed by atoms with E-state index in [4.69, 9.17) is 4.74 Å². The first-order valence-electron chi connectivity index (χ1n) is 4.89. The average molecular weight is 270 g/mol. The third-order valence-electron chi connectivity index (χ3n) is 2.37. The summed E-state index contributed by atoms with van der Waals surface area (Å²) in [6.45, 7) is 1.05. The van der Waals surface area contributed by atoms with Crippen molar-refractivity contribution in [1.29, 1.82) is 0 Å². The number of hydrogen-bond donors (Lipinski definition) is 1. The highest BCUT2D eigenvalue weighted by atomic mass is 79.9. The first kappa shape index (κ1) is 10.6. The van der Waals surface area contributed by atoms with Gasteiger partial charge >= 0.3 is 0 Å². The molecule has 0 spiro atoms. The van der Waals surface area contributed by atoms with Gasteiger partial charge in [0.15, 0.2) is 0 Å². The smallest absolute Gasteiger partial charge is 0.222 e. The van der Waals surface area contributed by atoms with Crippen LogP contribution in [0.4, 0.5) is 0 Å². The number of rotatable bonds is 1. The Hall–Kier alpha value is -0.870. The first-order valence-corrected chi connectivity index (χ1v) is 5.69. The zero-order chi connectivity index (χ0) is 10.7. The number of nitrogens with one attached hydrogen (secondary N) is 1. The van der Waals surface area contributed by atoms with E-state index in [2.05, 4.69) is 21.2 Å². The van der Waals surface area contributed by atoms with Crippen molar-refractivity contribution in [3.8, 4) is 0 Å². The number of carbonyl (C=O) groups is 1. The highest BCUT2D eigenvalue weighted by molar-refractivity contribution is 9.10. The summed E-state index contributed by atoms with van der Waals surface area (Å²) in [5.74, 6) is 0.0645. The third-order valence-corrected chi connectivity index (χ3v) is 2.90. The van der Waals surface area contributed by atoms with Crippen molar-refractivity contribution >= 4 is 21.8 Å². The van der Waals surface area contributed by atoms with Gasteiger partial charge in [-0.1, -0.05) is 28.1 Å². The van der Waals surface area contributed by atoms with E-state index < -0.39 is 0 Å². The summed E-state index contributed by atoms with van der Waals surface area (Å²) in [6.07, 6.45) is 0.428. The van der Waals surface area contributed by atoms with Crippen LogP contribution >= 0.6 is 15.9 Å². The predicted molar refractivity (Wildman–Crippen MR) is 60.5 cm³/mol. The van der Waals surface area contributed by atoms with Gasteiger partial charge in [-0.05, 0) is 17.7 Å². The molecule has 15 heavy (non-hydrogen) atoms. The number of carbonyl (C=O) groups excluding carboxylic acids is 1. The second-order valence-corrected chi connectivity index (χ2v) is 4.38. The molecule has 1 fully saturated rings. The van der Waals surface area contributed by atoms with Gasteiger partial charge in [0.2, 0.25) is 5.91 Å². The number of hydrogen-bond acceptors (Lipinski definition) is 2. The van der Waals surface area contributed by atoms with Gasteiger partial charge in [-0.25, -0.2) is 0 Å². The molecule has 1 aliphatic heterocycles. The van der Waals surface area contributed by atoms with Crippen LogP contribution in [0, 0.1) is 0 Å². The maximum Gasteiger partial charge on any atom is 0.222 e. The molecule has 1 heterocycles. The van der Waals surface area contributed by atoms with Crippen molar-refractivity contribution < 1.29 is 9.53 Å². The van der Waals surface area contributed by atoms with E-state index in [1.54, 1.807) is 0 Å². The Balaban J connectivity index is 2.09. The fourth-order valence-electron chi connectivity index (χ4n) is 1.54. The third kappa shape index (κ3) is 2.79. The normalized spacial score (nSPS) is 21.9. The zero-order valence-corrected chi connectivity index (χ0v) is 9.79. The molecule has 1 aliphatic rings. The molecule has 3 nitrogen and oxygen atoms in total. The van der Waals surface area contributed by atoms with Crippen molar-refractivity contribution in [1.82, 2.24) is 5.32 Å². The van der Waals surface area contributed by atoms with E-state index >= 15 is 0 Å². The summed E-state index contributed by atoms with van der Waals surface area (Å²) in [5.41, 5.74) is 1.10. The average Bonchev–Trinajstić information content (AvgIpc) is 2.44. The van der Waals surface area contributed by atoms with Gasteiger partial charge in [-0.3, -0.25) is 4.79 Å². The molecule has 0 bridgehead atoms. The second kappa shape index (κ2) is 4.77. The minimum atomic E-state index is -0.0236. The molecule has 0 radical (unpaired) electrons. The summed E-state index contributed by atoms with van der Waals surface area (Å²) in [6, 6.07) is 7.97. The number of amides is 1. The van der Waals surface area contributed by atoms with E-state index in [-0.39, 0.29) is 12.0 Å². The fourth-order valence-corrected chi connectivity index (χ4v) is 1.80. The molecule has 1 amide bonds. The van der Waals surface area contributed by atoms with Crippen molar-refractivity contribution in [3.05, 3.63) is 34.3 Å². The maximum atomic E-state index is 11.1. The van der Waals surface area contributed by atoms with Crippen molar-refractivity contribution in [2.75, 3.05) is 13.2 Å². The molecule has 0 aliphatic carbocycles. The first-order chi connectivity index (χ1) is 7.25.